The van der Waals surface area contributed by atoms with Crippen molar-refractivity contribution in [3.05, 3.63) is 29.6 Å². The van der Waals surface area contributed by atoms with Crippen molar-refractivity contribution in [1.29, 1.82) is 0 Å². The average molecular weight is 242 g/mol. The van der Waals surface area contributed by atoms with Crippen molar-refractivity contribution in [2.24, 2.45) is 0 Å². The quantitative estimate of drug-likeness (QED) is 0.853. The highest BCUT2D eigenvalue weighted by molar-refractivity contribution is 5.85. The average Bonchev–Trinajstić information content (AvgIpc) is 2.22. The lowest BCUT2D eigenvalue weighted by atomic mass is 10.1. The number of rotatable bonds is 2. The lowest BCUT2D eigenvalue weighted by molar-refractivity contribution is 0.199. The molecular formula is C12H20ClN3. The van der Waals surface area contributed by atoms with Crippen molar-refractivity contribution in [3.63, 3.8) is 0 Å². The molecule has 1 fully saturated rings. The lowest BCUT2D eigenvalue weighted by Crippen LogP contribution is -2.48. The van der Waals surface area contributed by atoms with Gasteiger partial charge in [0.1, 0.15) is 0 Å². The molecule has 90 valence electrons. The van der Waals surface area contributed by atoms with Gasteiger partial charge >= 0.3 is 0 Å². The van der Waals surface area contributed by atoms with Crippen molar-refractivity contribution >= 4 is 12.4 Å². The zero-order valence-electron chi connectivity index (χ0n) is 9.94. The Morgan fingerprint density at radius 3 is 3.06 bits per heavy atom. The van der Waals surface area contributed by atoms with Gasteiger partial charge in [0.25, 0.3) is 0 Å². The van der Waals surface area contributed by atoms with Crippen LogP contribution in [-0.2, 0) is 6.54 Å². The molecule has 2 heterocycles. The van der Waals surface area contributed by atoms with Crippen LogP contribution in [0.3, 0.4) is 0 Å². The highest BCUT2D eigenvalue weighted by atomic mass is 35.5. The van der Waals surface area contributed by atoms with Crippen molar-refractivity contribution in [3.8, 4) is 0 Å². The summed E-state index contributed by atoms with van der Waals surface area (Å²) >= 11 is 0. The van der Waals surface area contributed by atoms with E-state index in [1.165, 1.54) is 11.1 Å². The minimum atomic E-state index is 0. The van der Waals surface area contributed by atoms with E-state index in [2.05, 4.69) is 35.1 Å². The van der Waals surface area contributed by atoms with E-state index < -0.39 is 0 Å². The van der Waals surface area contributed by atoms with E-state index in [-0.39, 0.29) is 12.4 Å². The van der Waals surface area contributed by atoms with Gasteiger partial charge in [-0.2, -0.15) is 0 Å². The fourth-order valence-corrected chi connectivity index (χ4v) is 2.06. The Morgan fingerprint density at radius 1 is 1.56 bits per heavy atom. The van der Waals surface area contributed by atoms with Gasteiger partial charge in [-0.25, -0.2) is 0 Å². The molecule has 0 aliphatic carbocycles. The van der Waals surface area contributed by atoms with E-state index >= 15 is 0 Å². The highest BCUT2D eigenvalue weighted by Gasteiger charge is 2.15. The van der Waals surface area contributed by atoms with Crippen LogP contribution in [0.5, 0.6) is 0 Å². The largest absolute Gasteiger partial charge is 0.312 e. The van der Waals surface area contributed by atoms with Gasteiger partial charge in [0, 0.05) is 44.6 Å². The zero-order valence-corrected chi connectivity index (χ0v) is 10.8. The SMILES string of the molecule is Cc1ccncc1CN1CCN[C@H](C)C1.Cl. The molecule has 3 nitrogen and oxygen atoms in total. The first-order chi connectivity index (χ1) is 7.25. The summed E-state index contributed by atoms with van der Waals surface area (Å²) in [6.07, 6.45) is 3.85. The summed E-state index contributed by atoms with van der Waals surface area (Å²) in [6, 6.07) is 2.69. The Labute approximate surface area is 104 Å². The van der Waals surface area contributed by atoms with Crippen molar-refractivity contribution in [1.82, 2.24) is 15.2 Å². The monoisotopic (exact) mass is 241 g/mol. The van der Waals surface area contributed by atoms with Gasteiger partial charge in [-0.15, -0.1) is 12.4 Å². The zero-order chi connectivity index (χ0) is 10.7. The van der Waals surface area contributed by atoms with Gasteiger partial charge in [0.15, 0.2) is 0 Å². The van der Waals surface area contributed by atoms with Crippen molar-refractivity contribution < 1.29 is 0 Å². The third-order valence-electron chi connectivity index (χ3n) is 2.99. The number of pyridine rings is 1. The molecule has 1 aromatic rings. The fourth-order valence-electron chi connectivity index (χ4n) is 2.06. The van der Waals surface area contributed by atoms with Crippen LogP contribution in [0.25, 0.3) is 0 Å². The first-order valence-corrected chi connectivity index (χ1v) is 5.61. The van der Waals surface area contributed by atoms with Crippen LogP contribution >= 0.6 is 12.4 Å². The normalized spacial score (nSPS) is 21.5. The molecule has 0 saturated carbocycles. The summed E-state index contributed by atoms with van der Waals surface area (Å²) in [5.74, 6) is 0. The molecule has 1 aliphatic rings. The molecule has 0 bridgehead atoms. The highest BCUT2D eigenvalue weighted by Crippen LogP contribution is 2.10. The molecule has 1 aliphatic heterocycles. The second kappa shape index (κ2) is 6.18. The standard InChI is InChI=1S/C12H19N3.ClH/c1-10-3-4-13-7-12(10)9-15-6-5-14-11(2)8-15;/h3-4,7,11,14H,5-6,8-9H2,1-2H3;1H/t11-;/m1./s1. The molecule has 1 atom stereocenters. The molecule has 0 unspecified atom stereocenters. The van der Waals surface area contributed by atoms with E-state index in [1.807, 2.05) is 12.4 Å². The van der Waals surface area contributed by atoms with Gasteiger partial charge in [-0.05, 0) is 31.0 Å². The molecule has 0 radical (unpaired) electrons. The second-order valence-corrected chi connectivity index (χ2v) is 4.39. The summed E-state index contributed by atoms with van der Waals surface area (Å²) < 4.78 is 0. The van der Waals surface area contributed by atoms with Crippen LogP contribution in [-0.4, -0.2) is 35.6 Å². The van der Waals surface area contributed by atoms with Crippen LogP contribution in [0.15, 0.2) is 18.5 Å². The Hall–Kier alpha value is -0.640. The van der Waals surface area contributed by atoms with Gasteiger partial charge in [0.05, 0.1) is 0 Å². The van der Waals surface area contributed by atoms with E-state index in [4.69, 9.17) is 0 Å². The molecule has 0 aromatic carbocycles. The van der Waals surface area contributed by atoms with Gasteiger partial charge in [-0.1, -0.05) is 0 Å². The third kappa shape index (κ3) is 3.44. The summed E-state index contributed by atoms with van der Waals surface area (Å²) in [5.41, 5.74) is 2.70. The molecule has 0 amide bonds. The number of aryl methyl sites for hydroxylation is 1. The maximum absolute atomic E-state index is 4.19. The fraction of sp³-hybridized carbons (Fsp3) is 0.583. The number of halogens is 1. The molecule has 16 heavy (non-hydrogen) atoms. The maximum atomic E-state index is 4.19. The summed E-state index contributed by atoms with van der Waals surface area (Å²) in [7, 11) is 0. The van der Waals surface area contributed by atoms with Crippen LogP contribution < -0.4 is 5.32 Å². The predicted molar refractivity (Wildman–Crippen MR) is 69.0 cm³/mol. The van der Waals surface area contributed by atoms with Crippen LogP contribution in [0, 0.1) is 6.92 Å². The molecule has 4 heteroatoms. The third-order valence-corrected chi connectivity index (χ3v) is 2.99. The minimum Gasteiger partial charge on any atom is -0.312 e. The Bertz CT molecular complexity index is 330. The number of hydrogen-bond donors (Lipinski definition) is 1. The van der Waals surface area contributed by atoms with Crippen LogP contribution in [0.4, 0.5) is 0 Å². The van der Waals surface area contributed by atoms with E-state index in [1.54, 1.807) is 0 Å². The van der Waals surface area contributed by atoms with Gasteiger partial charge < -0.3 is 5.32 Å². The number of nitrogens with one attached hydrogen (secondary N) is 1. The molecule has 2 rings (SSSR count). The lowest BCUT2D eigenvalue weighted by Gasteiger charge is -2.32. The Balaban J connectivity index is 0.00000128. The van der Waals surface area contributed by atoms with Crippen LogP contribution in [0.1, 0.15) is 18.1 Å². The van der Waals surface area contributed by atoms with E-state index in [0.717, 1.165) is 26.2 Å². The summed E-state index contributed by atoms with van der Waals surface area (Å²) in [5, 5.41) is 3.46. The van der Waals surface area contributed by atoms with Crippen LogP contribution in [0.2, 0.25) is 0 Å². The molecular weight excluding hydrogens is 222 g/mol. The smallest absolute Gasteiger partial charge is 0.0315 e. The molecule has 0 spiro atoms. The molecule has 1 aromatic heterocycles. The minimum absolute atomic E-state index is 0. The molecule has 1 N–H and O–H groups in total. The first-order valence-electron chi connectivity index (χ1n) is 5.61. The van der Waals surface area contributed by atoms with E-state index in [9.17, 15) is 0 Å². The number of hydrogen-bond acceptors (Lipinski definition) is 3. The first kappa shape index (κ1) is 13.4. The van der Waals surface area contributed by atoms with E-state index in [0.29, 0.717) is 6.04 Å². The van der Waals surface area contributed by atoms with Gasteiger partial charge in [-0.3, -0.25) is 9.88 Å². The Kier molecular flexibility index (Phi) is 5.19. The van der Waals surface area contributed by atoms with Gasteiger partial charge in [0.2, 0.25) is 0 Å². The number of nitrogens with zero attached hydrogens (tertiary/aromatic N) is 2. The molecule has 1 saturated heterocycles. The topological polar surface area (TPSA) is 28.2 Å². The van der Waals surface area contributed by atoms with Crippen molar-refractivity contribution in [2.45, 2.75) is 26.4 Å². The Morgan fingerprint density at radius 2 is 2.38 bits per heavy atom. The summed E-state index contributed by atoms with van der Waals surface area (Å²) in [4.78, 5) is 6.68. The predicted octanol–water partition coefficient (Wildman–Crippen LogP) is 1.61. The number of piperazine rings is 1. The summed E-state index contributed by atoms with van der Waals surface area (Å²) in [6.45, 7) is 8.80. The second-order valence-electron chi connectivity index (χ2n) is 4.39. The van der Waals surface area contributed by atoms with Crippen molar-refractivity contribution in [2.75, 3.05) is 19.6 Å². The number of aromatic nitrogens is 1. The maximum Gasteiger partial charge on any atom is 0.0315 e.